The molecular weight excluding hydrogens is 676 g/mol. The number of nitrogens with one attached hydrogen (secondary N) is 4. The van der Waals surface area contributed by atoms with E-state index in [1.807, 2.05) is 48.6 Å². The van der Waals surface area contributed by atoms with Crippen molar-refractivity contribution in [3.05, 3.63) is 83.1 Å². The summed E-state index contributed by atoms with van der Waals surface area (Å²) >= 11 is 0. The van der Waals surface area contributed by atoms with Crippen LogP contribution in [-0.2, 0) is 19.2 Å². The van der Waals surface area contributed by atoms with Crippen LogP contribution in [0.1, 0.15) is 78.8 Å². The van der Waals surface area contributed by atoms with E-state index in [2.05, 4.69) is 30.7 Å². The maximum Gasteiger partial charge on any atom is 0.219 e. The zero-order chi connectivity index (χ0) is 38.3. The summed E-state index contributed by atoms with van der Waals surface area (Å²) in [5.74, 6) is -0.985. The van der Waals surface area contributed by atoms with Gasteiger partial charge in [0.2, 0.25) is 29.3 Å². The SMILES string of the molecule is CNC(=O)CCCN(CCCC(=O)NC)c1ccc2c(c1)OC1=CC(=[N+](CCCC(=O)NC)CCCC(=O)NC)C=CC1C2c1ccccc1C(=O)[O-]. The highest BCUT2D eigenvalue weighted by Gasteiger charge is 2.38. The third-order valence-corrected chi connectivity index (χ3v) is 9.70. The lowest BCUT2D eigenvalue weighted by Gasteiger charge is -2.37. The van der Waals surface area contributed by atoms with Crippen LogP contribution in [0, 0.1) is 5.92 Å². The van der Waals surface area contributed by atoms with Crippen LogP contribution in [-0.4, -0.2) is 94.3 Å². The van der Waals surface area contributed by atoms with E-state index in [4.69, 9.17) is 4.74 Å². The minimum absolute atomic E-state index is 0.0494. The Morgan fingerprint density at radius 3 is 1.83 bits per heavy atom. The molecule has 4 rings (SSSR count). The summed E-state index contributed by atoms with van der Waals surface area (Å²) in [6.45, 7) is 2.30. The molecule has 0 saturated heterocycles. The van der Waals surface area contributed by atoms with Crippen molar-refractivity contribution in [2.45, 2.75) is 57.3 Å². The van der Waals surface area contributed by atoms with Crippen LogP contribution < -0.4 is 36.0 Å². The number of amides is 4. The first-order chi connectivity index (χ1) is 25.6. The summed E-state index contributed by atoms with van der Waals surface area (Å²) < 4.78 is 8.86. The molecule has 2 unspecified atom stereocenters. The van der Waals surface area contributed by atoms with Gasteiger partial charge >= 0.3 is 0 Å². The van der Waals surface area contributed by atoms with Gasteiger partial charge in [0.1, 0.15) is 24.6 Å². The highest BCUT2D eigenvalue weighted by molar-refractivity contribution is 6.02. The van der Waals surface area contributed by atoms with Gasteiger partial charge in [-0.05, 0) is 24.5 Å². The van der Waals surface area contributed by atoms with Crippen LogP contribution in [0.3, 0.4) is 0 Å². The molecule has 0 saturated carbocycles. The first kappa shape index (κ1) is 40.3. The zero-order valence-electron chi connectivity index (χ0n) is 31.2. The maximum atomic E-state index is 12.4. The molecule has 2 aromatic carbocycles. The molecule has 2 aliphatic rings. The monoisotopic (exact) mass is 728 g/mol. The number of rotatable bonds is 19. The van der Waals surface area contributed by atoms with E-state index in [-0.39, 0.29) is 35.1 Å². The Balaban J connectivity index is 1.77. The number of ether oxygens (including phenoxy) is 1. The van der Waals surface area contributed by atoms with Crippen molar-refractivity contribution in [3.63, 3.8) is 0 Å². The molecule has 13 nitrogen and oxygen atoms in total. The number of carbonyl (C=O) groups is 5. The summed E-state index contributed by atoms with van der Waals surface area (Å²) in [7, 11) is 6.44. The van der Waals surface area contributed by atoms with Crippen molar-refractivity contribution in [2.24, 2.45) is 5.92 Å². The summed E-state index contributed by atoms with van der Waals surface area (Å²) in [6, 6.07) is 12.8. The Bertz CT molecular complexity index is 1700. The number of fused-ring (bicyclic) bond motifs is 2. The Hall–Kier alpha value is -5.46. The van der Waals surface area contributed by atoms with Gasteiger partial charge in [-0.2, -0.15) is 0 Å². The minimum Gasteiger partial charge on any atom is -0.545 e. The van der Waals surface area contributed by atoms with Gasteiger partial charge in [-0.1, -0.05) is 36.4 Å². The molecule has 2 aromatic rings. The van der Waals surface area contributed by atoms with Crippen molar-refractivity contribution >= 4 is 41.0 Å². The Morgan fingerprint density at radius 2 is 1.28 bits per heavy atom. The number of anilines is 1. The predicted octanol–water partition coefficient (Wildman–Crippen LogP) is 2.01. The van der Waals surface area contributed by atoms with Gasteiger partial charge in [-0.25, -0.2) is 4.58 Å². The Labute approximate surface area is 311 Å². The lowest BCUT2D eigenvalue weighted by atomic mass is 9.74. The highest BCUT2D eigenvalue weighted by atomic mass is 16.5. The van der Waals surface area contributed by atoms with E-state index >= 15 is 0 Å². The van der Waals surface area contributed by atoms with E-state index in [1.54, 1.807) is 40.3 Å². The van der Waals surface area contributed by atoms with Crippen molar-refractivity contribution in [3.8, 4) is 5.75 Å². The summed E-state index contributed by atoms with van der Waals surface area (Å²) in [5, 5.41) is 23.1. The molecule has 1 heterocycles. The van der Waals surface area contributed by atoms with Gasteiger partial charge in [0.15, 0.2) is 0 Å². The van der Waals surface area contributed by atoms with Gasteiger partial charge in [0.05, 0.1) is 5.97 Å². The highest BCUT2D eigenvalue weighted by Crippen LogP contribution is 2.49. The topological polar surface area (TPSA) is 172 Å². The maximum absolute atomic E-state index is 12.4. The number of aromatic carboxylic acids is 1. The van der Waals surface area contributed by atoms with Crippen LogP contribution in [0.4, 0.5) is 5.69 Å². The fourth-order valence-corrected chi connectivity index (χ4v) is 6.82. The molecule has 0 radical (unpaired) electrons. The number of carboxylic acids is 1. The average Bonchev–Trinajstić information content (AvgIpc) is 3.17. The first-order valence-electron chi connectivity index (χ1n) is 18.3. The molecule has 284 valence electrons. The van der Waals surface area contributed by atoms with E-state index < -0.39 is 11.9 Å². The number of hydrogen-bond acceptors (Lipinski definition) is 8. The van der Waals surface area contributed by atoms with E-state index in [9.17, 15) is 29.1 Å². The number of hydrogen-bond donors (Lipinski definition) is 4. The number of benzene rings is 2. The van der Waals surface area contributed by atoms with Gasteiger partial charge < -0.3 is 40.8 Å². The van der Waals surface area contributed by atoms with Gasteiger partial charge in [0.25, 0.3) is 0 Å². The number of nitrogens with zero attached hydrogens (tertiary/aromatic N) is 2. The van der Waals surface area contributed by atoms with Gasteiger partial charge in [-0.3, -0.25) is 19.2 Å². The zero-order valence-corrected chi connectivity index (χ0v) is 31.2. The van der Waals surface area contributed by atoms with Crippen molar-refractivity contribution in [1.29, 1.82) is 0 Å². The first-order valence-corrected chi connectivity index (χ1v) is 18.3. The molecule has 0 bridgehead atoms. The molecular formula is C40H52N6O7. The smallest absolute Gasteiger partial charge is 0.219 e. The molecule has 53 heavy (non-hydrogen) atoms. The number of allylic oxidation sites excluding steroid dienone is 3. The standard InChI is InChI=1S/C40H52N6O7/c1-41-35(47)13-7-21-45(22-8-14-36(48)42-2)27-17-19-31-33(25-27)53-34-26-28(46(23-9-15-37(49)43-3)24-10-16-38(50)44-4)18-20-32(34)39(31)29-11-5-6-12-30(29)40(51)52/h5-6,11-12,17-20,25-26,31,39H,7-10,13-16,21-24H2,1-4H3,(H4-,41,42,43,44,47,48,49,50,51,52). The predicted molar refractivity (Wildman–Crippen MR) is 201 cm³/mol. The minimum atomic E-state index is -1.26. The summed E-state index contributed by atoms with van der Waals surface area (Å²) in [5.41, 5.74) is 3.24. The molecule has 4 amide bonds. The van der Waals surface area contributed by atoms with E-state index in [0.29, 0.717) is 94.6 Å². The second-order valence-corrected chi connectivity index (χ2v) is 13.1. The lowest BCUT2D eigenvalue weighted by molar-refractivity contribution is -0.527. The molecule has 13 heteroatoms. The van der Waals surface area contributed by atoms with Crippen molar-refractivity contribution in [2.75, 3.05) is 59.3 Å². The van der Waals surface area contributed by atoms with Crippen LogP contribution in [0.2, 0.25) is 0 Å². The molecule has 0 fully saturated rings. The fourth-order valence-electron chi connectivity index (χ4n) is 6.82. The normalized spacial score (nSPS) is 15.5. The summed E-state index contributed by atoms with van der Waals surface area (Å²) in [4.78, 5) is 62.6. The van der Waals surface area contributed by atoms with Gasteiger partial charge in [0, 0.05) is 127 Å². The third-order valence-electron chi connectivity index (χ3n) is 9.70. The molecule has 2 atom stereocenters. The number of carbonyl (C=O) groups excluding carboxylic acids is 5. The third kappa shape index (κ3) is 11.0. The molecule has 0 aromatic heterocycles. The molecule has 1 aliphatic heterocycles. The Morgan fingerprint density at radius 1 is 0.736 bits per heavy atom. The van der Waals surface area contributed by atoms with Crippen LogP contribution in [0.15, 0.2) is 66.5 Å². The van der Waals surface area contributed by atoms with Crippen LogP contribution >= 0.6 is 0 Å². The second-order valence-electron chi connectivity index (χ2n) is 13.1. The number of carboxylic acid groups (broad SMARTS) is 1. The average molecular weight is 729 g/mol. The van der Waals surface area contributed by atoms with E-state index in [0.717, 1.165) is 17.0 Å². The Kier molecular flexibility index (Phi) is 15.2. The lowest BCUT2D eigenvalue weighted by Crippen LogP contribution is -2.32. The second kappa shape index (κ2) is 20.0. The van der Waals surface area contributed by atoms with Crippen LogP contribution in [0.25, 0.3) is 0 Å². The molecule has 4 N–H and O–H groups in total. The van der Waals surface area contributed by atoms with Crippen molar-refractivity contribution in [1.82, 2.24) is 21.3 Å². The van der Waals surface area contributed by atoms with Gasteiger partial charge in [-0.15, -0.1) is 0 Å². The van der Waals surface area contributed by atoms with E-state index in [1.165, 1.54) is 0 Å². The summed E-state index contributed by atoms with van der Waals surface area (Å²) in [6.07, 6.45) is 9.85. The van der Waals surface area contributed by atoms with Crippen molar-refractivity contribution < 1.29 is 38.4 Å². The van der Waals surface area contributed by atoms with Crippen LogP contribution in [0.5, 0.6) is 5.75 Å². The molecule has 0 spiro atoms. The fraction of sp³-hybridized carbons (Fsp3) is 0.450. The quantitative estimate of drug-likeness (QED) is 0.159. The molecule has 1 aliphatic carbocycles. The largest absolute Gasteiger partial charge is 0.545 e.